The van der Waals surface area contributed by atoms with Gasteiger partial charge in [0.2, 0.25) is 0 Å². The Morgan fingerprint density at radius 2 is 1.71 bits per heavy atom. The van der Waals surface area contributed by atoms with Gasteiger partial charge in [-0.25, -0.2) is 0 Å². The molecule has 96 valence electrons. The molecule has 0 heterocycles. The topological polar surface area (TPSA) is 35.5 Å². The summed E-state index contributed by atoms with van der Waals surface area (Å²) >= 11 is 0. The lowest BCUT2D eigenvalue weighted by Gasteiger charge is -2.18. The third kappa shape index (κ3) is 3.73. The number of hydrogen-bond acceptors (Lipinski definition) is 3. The number of methoxy groups -OCH3 is 2. The van der Waals surface area contributed by atoms with Gasteiger partial charge < -0.3 is 9.47 Å². The van der Waals surface area contributed by atoms with Crippen LogP contribution in [-0.4, -0.2) is 23.2 Å². The average molecular weight is 256 g/mol. The van der Waals surface area contributed by atoms with E-state index in [1.165, 1.54) is 0 Å². The maximum atomic E-state index is 12.0. The van der Waals surface area contributed by atoms with Crippen LogP contribution in [0.15, 0.2) is 18.2 Å². The standard InChI is InChI=1S/C13H20O3S/c1-13(2,3)17(14)9-10-6-7-11(15-4)12(8-10)16-5/h6-8H,9H2,1-5H3/t17-/m0/s1. The van der Waals surface area contributed by atoms with Gasteiger partial charge in [0.1, 0.15) is 0 Å². The Morgan fingerprint density at radius 3 is 2.18 bits per heavy atom. The van der Waals surface area contributed by atoms with Crippen LogP contribution in [0.25, 0.3) is 0 Å². The number of ether oxygens (including phenoxy) is 2. The molecule has 0 aromatic heterocycles. The summed E-state index contributed by atoms with van der Waals surface area (Å²) in [6, 6.07) is 5.64. The lowest BCUT2D eigenvalue weighted by atomic mass is 10.2. The fraction of sp³-hybridized carbons (Fsp3) is 0.538. The molecule has 0 aliphatic carbocycles. The monoisotopic (exact) mass is 256 g/mol. The Kier molecular flexibility index (Phi) is 4.57. The molecule has 0 amide bonds. The fourth-order valence-electron chi connectivity index (χ4n) is 1.34. The first-order valence-electron chi connectivity index (χ1n) is 5.48. The summed E-state index contributed by atoms with van der Waals surface area (Å²) in [6.45, 7) is 5.93. The summed E-state index contributed by atoms with van der Waals surface area (Å²) in [5.41, 5.74) is 0.996. The average Bonchev–Trinajstić information content (AvgIpc) is 2.27. The van der Waals surface area contributed by atoms with Gasteiger partial charge in [-0.15, -0.1) is 0 Å². The molecule has 1 aromatic rings. The van der Waals surface area contributed by atoms with Crippen molar-refractivity contribution >= 4 is 10.8 Å². The molecule has 0 aliphatic rings. The molecule has 1 atom stereocenters. The molecule has 0 N–H and O–H groups in total. The van der Waals surface area contributed by atoms with E-state index < -0.39 is 10.8 Å². The van der Waals surface area contributed by atoms with E-state index in [0.717, 1.165) is 5.56 Å². The quantitative estimate of drug-likeness (QED) is 0.831. The molecule has 0 spiro atoms. The Hall–Kier alpha value is -1.03. The highest BCUT2D eigenvalue weighted by molar-refractivity contribution is 7.85. The van der Waals surface area contributed by atoms with E-state index in [4.69, 9.17) is 9.47 Å². The molecule has 0 saturated heterocycles. The van der Waals surface area contributed by atoms with Gasteiger partial charge in [-0.05, 0) is 38.5 Å². The minimum Gasteiger partial charge on any atom is -0.493 e. The van der Waals surface area contributed by atoms with Crippen LogP contribution in [0.3, 0.4) is 0 Å². The van der Waals surface area contributed by atoms with Gasteiger partial charge in [0, 0.05) is 21.3 Å². The molecule has 0 fully saturated rings. The van der Waals surface area contributed by atoms with Gasteiger partial charge in [-0.3, -0.25) is 4.21 Å². The van der Waals surface area contributed by atoms with Crippen LogP contribution in [0.2, 0.25) is 0 Å². The SMILES string of the molecule is COc1ccc(C[S@](=O)C(C)(C)C)cc1OC. The van der Waals surface area contributed by atoms with Crippen LogP contribution in [0.4, 0.5) is 0 Å². The maximum absolute atomic E-state index is 12.0. The molecule has 17 heavy (non-hydrogen) atoms. The van der Waals surface area contributed by atoms with Crippen molar-refractivity contribution in [1.29, 1.82) is 0 Å². The number of hydrogen-bond donors (Lipinski definition) is 0. The molecule has 0 radical (unpaired) electrons. The van der Waals surface area contributed by atoms with E-state index in [0.29, 0.717) is 17.3 Å². The second-order valence-corrected chi connectivity index (χ2v) is 7.00. The lowest BCUT2D eigenvalue weighted by Crippen LogP contribution is -2.22. The van der Waals surface area contributed by atoms with Gasteiger partial charge in [0.05, 0.1) is 14.2 Å². The first kappa shape index (κ1) is 14.0. The number of benzene rings is 1. The van der Waals surface area contributed by atoms with Crippen molar-refractivity contribution in [2.75, 3.05) is 14.2 Å². The van der Waals surface area contributed by atoms with Crippen molar-refractivity contribution in [3.63, 3.8) is 0 Å². The zero-order chi connectivity index (χ0) is 13.1. The van der Waals surface area contributed by atoms with Crippen molar-refractivity contribution in [3.8, 4) is 11.5 Å². The summed E-state index contributed by atoms with van der Waals surface area (Å²) in [5.74, 6) is 1.90. The van der Waals surface area contributed by atoms with Crippen molar-refractivity contribution < 1.29 is 13.7 Å². The van der Waals surface area contributed by atoms with Gasteiger partial charge in [0.15, 0.2) is 11.5 Å². The molecular formula is C13H20O3S. The molecular weight excluding hydrogens is 236 g/mol. The van der Waals surface area contributed by atoms with E-state index in [1.54, 1.807) is 14.2 Å². The maximum Gasteiger partial charge on any atom is 0.161 e. The first-order valence-corrected chi connectivity index (χ1v) is 6.79. The van der Waals surface area contributed by atoms with Gasteiger partial charge in [-0.1, -0.05) is 6.07 Å². The van der Waals surface area contributed by atoms with Crippen molar-refractivity contribution in [1.82, 2.24) is 0 Å². The smallest absolute Gasteiger partial charge is 0.161 e. The van der Waals surface area contributed by atoms with Crippen molar-refractivity contribution in [2.45, 2.75) is 31.3 Å². The minimum absolute atomic E-state index is 0.201. The van der Waals surface area contributed by atoms with Gasteiger partial charge >= 0.3 is 0 Å². The highest BCUT2D eigenvalue weighted by Crippen LogP contribution is 2.28. The third-order valence-electron chi connectivity index (χ3n) is 2.43. The van der Waals surface area contributed by atoms with E-state index in [2.05, 4.69) is 0 Å². The predicted octanol–water partition coefficient (Wildman–Crippen LogP) is 2.75. The molecule has 3 nitrogen and oxygen atoms in total. The third-order valence-corrected chi connectivity index (χ3v) is 4.39. The summed E-state index contributed by atoms with van der Waals surface area (Å²) in [7, 11) is 2.30. The van der Waals surface area contributed by atoms with Crippen molar-refractivity contribution in [2.24, 2.45) is 0 Å². The highest BCUT2D eigenvalue weighted by atomic mass is 32.2. The van der Waals surface area contributed by atoms with Gasteiger partial charge in [-0.2, -0.15) is 0 Å². The molecule has 1 rings (SSSR count). The molecule has 0 aliphatic heterocycles. The van der Waals surface area contributed by atoms with Crippen molar-refractivity contribution in [3.05, 3.63) is 23.8 Å². The van der Waals surface area contributed by atoms with Crippen LogP contribution < -0.4 is 9.47 Å². The first-order chi connectivity index (χ1) is 7.88. The Bertz CT molecular complexity index is 408. The van der Waals surface area contributed by atoms with E-state index in [9.17, 15) is 4.21 Å². The normalized spacial score (nSPS) is 13.2. The lowest BCUT2D eigenvalue weighted by molar-refractivity contribution is 0.354. The summed E-state index contributed by atoms with van der Waals surface area (Å²) in [5, 5.41) is 0. The zero-order valence-electron chi connectivity index (χ0n) is 11.1. The van der Waals surface area contributed by atoms with Crippen LogP contribution in [0.5, 0.6) is 11.5 Å². The van der Waals surface area contributed by atoms with E-state index >= 15 is 0 Å². The predicted molar refractivity (Wildman–Crippen MR) is 71.1 cm³/mol. The summed E-state index contributed by atoms with van der Waals surface area (Å²) < 4.78 is 22.2. The Morgan fingerprint density at radius 1 is 1.12 bits per heavy atom. The molecule has 1 aromatic carbocycles. The molecule has 4 heteroatoms. The Labute approximate surface area is 106 Å². The van der Waals surface area contributed by atoms with Crippen LogP contribution in [0.1, 0.15) is 26.3 Å². The zero-order valence-corrected chi connectivity index (χ0v) is 11.9. The van der Waals surface area contributed by atoms with Crippen LogP contribution in [0, 0.1) is 0 Å². The summed E-state index contributed by atoms with van der Waals surface area (Å²) in [4.78, 5) is 0. The van der Waals surface area contributed by atoms with E-state index in [-0.39, 0.29) is 4.75 Å². The fourth-order valence-corrected chi connectivity index (χ4v) is 2.25. The number of rotatable bonds is 4. The minimum atomic E-state index is -0.903. The largest absolute Gasteiger partial charge is 0.493 e. The van der Waals surface area contributed by atoms with Crippen LogP contribution in [-0.2, 0) is 16.6 Å². The van der Waals surface area contributed by atoms with E-state index in [1.807, 2.05) is 39.0 Å². The second-order valence-electron chi connectivity index (χ2n) is 4.79. The summed E-state index contributed by atoms with van der Waals surface area (Å²) in [6.07, 6.45) is 0. The molecule has 0 unspecified atom stereocenters. The molecule has 0 bridgehead atoms. The highest BCUT2D eigenvalue weighted by Gasteiger charge is 2.20. The van der Waals surface area contributed by atoms with Gasteiger partial charge in [0.25, 0.3) is 0 Å². The Balaban J connectivity index is 2.90. The van der Waals surface area contributed by atoms with Crippen LogP contribution >= 0.6 is 0 Å². The molecule has 0 saturated carbocycles. The second kappa shape index (κ2) is 5.54.